The van der Waals surface area contributed by atoms with E-state index >= 15 is 0 Å². The van der Waals surface area contributed by atoms with E-state index in [-0.39, 0.29) is 35.3 Å². The average Bonchev–Trinajstić information content (AvgIpc) is 3.15. The summed E-state index contributed by atoms with van der Waals surface area (Å²) in [5.41, 5.74) is 0.684. The number of aliphatic imine (C=N–C) groups is 1. The number of thiophene rings is 1. The van der Waals surface area contributed by atoms with E-state index < -0.39 is 12.8 Å². The molecule has 0 saturated carbocycles. The summed E-state index contributed by atoms with van der Waals surface area (Å²) in [4.78, 5) is 9.24. The molecule has 2 aromatic rings. The molecule has 0 aliphatic heterocycles. The highest BCUT2D eigenvalue weighted by molar-refractivity contribution is 14.0. The summed E-state index contributed by atoms with van der Waals surface area (Å²) in [6.45, 7) is 3.99. The zero-order valence-corrected chi connectivity index (χ0v) is 19.0. The third-order valence-electron chi connectivity index (χ3n) is 3.75. The lowest BCUT2D eigenvalue weighted by Gasteiger charge is -2.25. The fourth-order valence-corrected chi connectivity index (χ4v) is 3.11. The van der Waals surface area contributed by atoms with Crippen LogP contribution < -0.4 is 15.4 Å². The van der Waals surface area contributed by atoms with Crippen molar-refractivity contribution < 1.29 is 17.9 Å². The molecule has 2 heterocycles. The number of rotatable bonds is 7. The Morgan fingerprint density at radius 3 is 2.61 bits per heavy atom. The van der Waals surface area contributed by atoms with E-state index in [4.69, 9.17) is 0 Å². The van der Waals surface area contributed by atoms with Crippen molar-refractivity contribution in [2.45, 2.75) is 32.0 Å². The van der Waals surface area contributed by atoms with E-state index in [1.54, 1.807) is 24.5 Å². The molecule has 2 N–H and O–H groups in total. The number of nitrogens with zero attached hydrogens (tertiary/aromatic N) is 2. The zero-order valence-electron chi connectivity index (χ0n) is 15.8. The van der Waals surface area contributed by atoms with Crippen LogP contribution in [-0.4, -0.2) is 37.3 Å². The third-order valence-corrected chi connectivity index (χ3v) is 4.99. The molecule has 0 aromatic carbocycles. The van der Waals surface area contributed by atoms with E-state index in [1.807, 2.05) is 11.4 Å². The number of alkyl halides is 3. The average molecular weight is 528 g/mol. The molecule has 0 aliphatic rings. The molecule has 28 heavy (non-hydrogen) atoms. The molecule has 5 nitrogen and oxygen atoms in total. The minimum Gasteiger partial charge on any atom is -0.468 e. The van der Waals surface area contributed by atoms with Gasteiger partial charge in [-0.25, -0.2) is 4.98 Å². The zero-order chi connectivity index (χ0) is 19.9. The van der Waals surface area contributed by atoms with Crippen LogP contribution in [0.15, 0.2) is 40.8 Å². The fraction of sp³-hybridized carbons (Fsp3) is 0.444. The number of hydrogen-bond acceptors (Lipinski definition) is 4. The van der Waals surface area contributed by atoms with Gasteiger partial charge in [-0.3, -0.25) is 4.99 Å². The molecule has 0 unspecified atom stereocenters. The molecule has 0 atom stereocenters. The summed E-state index contributed by atoms with van der Waals surface area (Å²) in [6.07, 6.45) is -2.98. The predicted octanol–water partition coefficient (Wildman–Crippen LogP) is 4.35. The highest BCUT2D eigenvalue weighted by Crippen LogP contribution is 2.26. The quantitative estimate of drug-likeness (QED) is 0.319. The van der Waals surface area contributed by atoms with Gasteiger partial charge in [-0.2, -0.15) is 13.2 Å². The molecule has 0 radical (unpaired) electrons. The number of halogens is 4. The van der Waals surface area contributed by atoms with Crippen molar-refractivity contribution in [1.82, 2.24) is 15.6 Å². The van der Waals surface area contributed by atoms with Crippen LogP contribution in [0, 0.1) is 0 Å². The van der Waals surface area contributed by atoms with Gasteiger partial charge in [-0.1, -0.05) is 19.9 Å². The van der Waals surface area contributed by atoms with Crippen LogP contribution in [0.2, 0.25) is 0 Å². The van der Waals surface area contributed by atoms with Gasteiger partial charge in [-0.05, 0) is 23.1 Å². The summed E-state index contributed by atoms with van der Waals surface area (Å²) in [7, 11) is 1.66. The van der Waals surface area contributed by atoms with Crippen LogP contribution >= 0.6 is 35.3 Å². The number of ether oxygens (including phenoxy) is 1. The Morgan fingerprint density at radius 1 is 1.25 bits per heavy atom. The van der Waals surface area contributed by atoms with Gasteiger partial charge in [0.25, 0.3) is 0 Å². The molecule has 0 aliphatic carbocycles. The van der Waals surface area contributed by atoms with Crippen molar-refractivity contribution in [3.05, 3.63) is 46.3 Å². The second-order valence-electron chi connectivity index (χ2n) is 6.55. The smallest absolute Gasteiger partial charge is 0.422 e. The molecule has 0 spiro atoms. The minimum absolute atomic E-state index is 0. The second kappa shape index (κ2) is 10.8. The first-order chi connectivity index (χ1) is 12.7. The van der Waals surface area contributed by atoms with Crippen LogP contribution in [0.5, 0.6) is 5.88 Å². The molecule has 156 valence electrons. The highest BCUT2D eigenvalue weighted by atomic mass is 127. The van der Waals surface area contributed by atoms with Gasteiger partial charge in [0.1, 0.15) is 0 Å². The van der Waals surface area contributed by atoms with Crippen molar-refractivity contribution in [2.24, 2.45) is 4.99 Å². The maximum atomic E-state index is 12.2. The molecule has 0 saturated heterocycles. The lowest BCUT2D eigenvalue weighted by molar-refractivity contribution is -0.154. The largest absolute Gasteiger partial charge is 0.468 e. The summed E-state index contributed by atoms with van der Waals surface area (Å²) in [6, 6.07) is 7.30. The normalized spacial score (nSPS) is 12.3. The third kappa shape index (κ3) is 8.21. The number of aromatic nitrogens is 1. The molecular weight excluding hydrogens is 504 g/mol. The monoisotopic (exact) mass is 528 g/mol. The van der Waals surface area contributed by atoms with E-state index in [0.717, 1.165) is 5.56 Å². The van der Waals surface area contributed by atoms with Crippen LogP contribution in [0.1, 0.15) is 24.3 Å². The number of pyridine rings is 1. The summed E-state index contributed by atoms with van der Waals surface area (Å²) >= 11 is 1.71. The summed E-state index contributed by atoms with van der Waals surface area (Å²) in [5, 5.41) is 8.47. The Hall–Kier alpha value is -1.56. The van der Waals surface area contributed by atoms with E-state index in [0.29, 0.717) is 19.0 Å². The molecule has 0 bridgehead atoms. The summed E-state index contributed by atoms with van der Waals surface area (Å²) < 4.78 is 41.4. The van der Waals surface area contributed by atoms with Crippen molar-refractivity contribution in [1.29, 1.82) is 0 Å². The number of hydrogen-bond donors (Lipinski definition) is 2. The first kappa shape index (κ1) is 24.5. The molecule has 0 amide bonds. The Labute approximate surface area is 183 Å². The van der Waals surface area contributed by atoms with Crippen LogP contribution in [0.3, 0.4) is 0 Å². The van der Waals surface area contributed by atoms with Crippen LogP contribution in [0.25, 0.3) is 0 Å². The molecule has 2 aromatic heterocycles. The van der Waals surface area contributed by atoms with Crippen LogP contribution in [0.4, 0.5) is 13.2 Å². The van der Waals surface area contributed by atoms with E-state index in [2.05, 4.69) is 45.3 Å². The minimum atomic E-state index is -4.39. The van der Waals surface area contributed by atoms with Gasteiger partial charge in [0, 0.05) is 42.7 Å². The number of guanidine groups is 1. The number of nitrogens with one attached hydrogen (secondary N) is 2. The first-order valence-electron chi connectivity index (χ1n) is 8.32. The maximum Gasteiger partial charge on any atom is 0.422 e. The van der Waals surface area contributed by atoms with Gasteiger partial charge in [-0.15, -0.1) is 35.3 Å². The Kier molecular flexibility index (Phi) is 9.48. The Morgan fingerprint density at radius 2 is 2.00 bits per heavy atom. The molecule has 10 heteroatoms. The SMILES string of the molecule is CN=C(NCc1ccnc(OCC(F)(F)F)c1)NCC(C)(C)c1cccs1.I. The maximum absolute atomic E-state index is 12.2. The predicted molar refractivity (Wildman–Crippen MR) is 117 cm³/mol. The Bertz CT molecular complexity index is 752. The molecule has 2 rings (SSSR count). The highest BCUT2D eigenvalue weighted by Gasteiger charge is 2.28. The van der Waals surface area contributed by atoms with E-state index in [9.17, 15) is 13.2 Å². The van der Waals surface area contributed by atoms with Gasteiger partial charge in [0.15, 0.2) is 12.6 Å². The molecular formula is C18H24F3IN4OS. The molecule has 0 fully saturated rings. The van der Waals surface area contributed by atoms with E-state index in [1.165, 1.54) is 17.1 Å². The van der Waals surface area contributed by atoms with Gasteiger partial charge >= 0.3 is 6.18 Å². The lowest BCUT2D eigenvalue weighted by Crippen LogP contribution is -2.42. The van der Waals surface area contributed by atoms with Crippen molar-refractivity contribution in [2.75, 3.05) is 20.2 Å². The van der Waals surface area contributed by atoms with Crippen molar-refractivity contribution >= 4 is 41.3 Å². The topological polar surface area (TPSA) is 58.5 Å². The van der Waals surface area contributed by atoms with Crippen molar-refractivity contribution in [3.8, 4) is 5.88 Å². The van der Waals surface area contributed by atoms with Gasteiger partial charge < -0.3 is 15.4 Å². The first-order valence-corrected chi connectivity index (χ1v) is 9.20. The fourth-order valence-electron chi connectivity index (χ4n) is 2.26. The van der Waals surface area contributed by atoms with Gasteiger partial charge in [0.2, 0.25) is 5.88 Å². The van der Waals surface area contributed by atoms with Crippen molar-refractivity contribution in [3.63, 3.8) is 0 Å². The summed E-state index contributed by atoms with van der Waals surface area (Å²) in [5.74, 6) is 0.544. The second-order valence-corrected chi connectivity index (χ2v) is 7.49. The lowest BCUT2D eigenvalue weighted by atomic mass is 9.91. The van der Waals surface area contributed by atoms with Crippen LogP contribution in [-0.2, 0) is 12.0 Å². The Balaban J connectivity index is 0.00000392. The standard InChI is InChI=1S/C18H23F3N4OS.HI/c1-17(2,14-5-4-8-27-14)11-25-16(22-3)24-10-13-6-7-23-15(9-13)26-12-18(19,20)21;/h4-9H,10-12H2,1-3H3,(H2,22,24,25);1H. The van der Waals surface area contributed by atoms with Gasteiger partial charge in [0.05, 0.1) is 0 Å².